The molecule has 9 nitrogen and oxygen atoms in total. The van der Waals surface area contributed by atoms with E-state index in [2.05, 4.69) is 4.99 Å². The van der Waals surface area contributed by atoms with Gasteiger partial charge in [-0.25, -0.2) is 18.5 Å². The molecule has 1 fully saturated rings. The molecule has 3 aromatic rings. The van der Waals surface area contributed by atoms with Crippen LogP contribution in [0.3, 0.4) is 0 Å². The maximum Gasteiger partial charge on any atom is 0.271 e. The monoisotopic (exact) mass is 480 g/mol. The summed E-state index contributed by atoms with van der Waals surface area (Å²) in [6.07, 6.45) is 1.64. The third-order valence-corrected chi connectivity index (χ3v) is 6.51. The zero-order valence-corrected chi connectivity index (χ0v) is 18.5. The molecule has 0 aliphatic carbocycles. The molecule has 166 valence electrons. The fraction of sp³-hybridized carbons (Fsp3) is 0. The molecule has 0 bridgehead atoms. The molecule has 1 aliphatic heterocycles. The number of sulfonamides is 1. The zero-order chi connectivity index (χ0) is 23.6. The average Bonchev–Trinajstić information content (AvgIpc) is 3.09. The van der Waals surface area contributed by atoms with E-state index in [1.165, 1.54) is 41.3 Å². The molecule has 1 amide bonds. The van der Waals surface area contributed by atoms with Crippen molar-refractivity contribution in [3.8, 4) is 0 Å². The molecule has 0 unspecified atom stereocenters. The van der Waals surface area contributed by atoms with Gasteiger partial charge in [-0.3, -0.25) is 19.8 Å². The normalized spacial score (nSPS) is 16.5. The quantitative estimate of drug-likeness (QED) is 0.332. The largest absolute Gasteiger partial charge is 0.271 e. The first-order chi connectivity index (χ1) is 15.7. The number of primary sulfonamides is 1. The summed E-state index contributed by atoms with van der Waals surface area (Å²) in [4.78, 5) is 29.9. The molecule has 0 atom stereocenters. The highest BCUT2D eigenvalue weighted by Crippen LogP contribution is 2.37. The number of amides is 1. The van der Waals surface area contributed by atoms with Crippen LogP contribution in [0.15, 0.2) is 93.7 Å². The first kappa shape index (κ1) is 22.4. The predicted molar refractivity (Wildman–Crippen MR) is 128 cm³/mol. The van der Waals surface area contributed by atoms with Gasteiger partial charge < -0.3 is 0 Å². The molecule has 33 heavy (non-hydrogen) atoms. The van der Waals surface area contributed by atoms with E-state index >= 15 is 0 Å². The molecule has 0 radical (unpaired) electrons. The first-order valence-corrected chi connectivity index (χ1v) is 11.8. The summed E-state index contributed by atoms with van der Waals surface area (Å²) in [7, 11) is -3.83. The van der Waals surface area contributed by atoms with Crippen molar-refractivity contribution in [2.75, 3.05) is 4.90 Å². The lowest BCUT2D eigenvalue weighted by Gasteiger charge is -2.15. The Morgan fingerprint density at radius 1 is 0.970 bits per heavy atom. The molecule has 3 aromatic carbocycles. The minimum absolute atomic E-state index is 0.0414. The molecular formula is C22H16N4O5S2. The number of amidine groups is 1. The van der Waals surface area contributed by atoms with E-state index in [1.807, 2.05) is 6.07 Å². The molecule has 1 saturated heterocycles. The van der Waals surface area contributed by atoms with Crippen molar-refractivity contribution in [2.24, 2.45) is 10.1 Å². The topological polar surface area (TPSA) is 136 Å². The van der Waals surface area contributed by atoms with Gasteiger partial charge in [-0.15, -0.1) is 0 Å². The number of thioether (sulfide) groups is 1. The number of benzene rings is 3. The Morgan fingerprint density at radius 3 is 2.18 bits per heavy atom. The molecule has 1 aliphatic rings. The number of carbonyl (C=O) groups is 1. The number of para-hydroxylation sites is 1. The molecule has 11 heteroatoms. The standard InChI is InChI=1S/C22H16N4O5S2/c23-33(30,31)19-12-8-16(9-13-19)24-22-25(17-4-2-1-3-5-17)21(27)20(32-22)14-15-6-10-18(11-7-15)26(28)29/h1-14H,(H2,23,30,31)/b20-14?,24-22-. The van der Waals surface area contributed by atoms with Crippen molar-refractivity contribution in [1.82, 2.24) is 0 Å². The van der Waals surface area contributed by atoms with Crippen molar-refractivity contribution < 1.29 is 18.1 Å². The smallest absolute Gasteiger partial charge is 0.268 e. The molecule has 2 N–H and O–H groups in total. The van der Waals surface area contributed by atoms with E-state index < -0.39 is 14.9 Å². The van der Waals surface area contributed by atoms with Crippen molar-refractivity contribution in [3.63, 3.8) is 0 Å². The van der Waals surface area contributed by atoms with Crippen molar-refractivity contribution in [2.45, 2.75) is 4.90 Å². The fourth-order valence-electron chi connectivity index (χ4n) is 3.02. The highest BCUT2D eigenvalue weighted by Gasteiger charge is 2.34. The SMILES string of the molecule is NS(=O)(=O)c1ccc(/N=C2\SC(=Cc3ccc([N+](=O)[O-])cc3)C(=O)N2c2ccccc2)cc1. The van der Waals surface area contributed by atoms with Gasteiger partial charge >= 0.3 is 0 Å². The average molecular weight is 481 g/mol. The lowest BCUT2D eigenvalue weighted by molar-refractivity contribution is -0.384. The van der Waals surface area contributed by atoms with Gasteiger partial charge in [-0.05, 0) is 71.9 Å². The third kappa shape index (κ3) is 5.00. The van der Waals surface area contributed by atoms with Crippen LogP contribution in [-0.2, 0) is 14.8 Å². The van der Waals surface area contributed by atoms with E-state index in [-0.39, 0.29) is 16.5 Å². The highest BCUT2D eigenvalue weighted by atomic mass is 32.2. The molecule has 0 saturated carbocycles. The maximum absolute atomic E-state index is 13.2. The second-order valence-electron chi connectivity index (χ2n) is 6.87. The van der Waals surface area contributed by atoms with Crippen molar-refractivity contribution in [3.05, 3.63) is 99.4 Å². The number of nitrogens with two attached hydrogens (primary N) is 1. The van der Waals surface area contributed by atoms with E-state index in [4.69, 9.17) is 5.14 Å². The van der Waals surface area contributed by atoms with Gasteiger partial charge in [0.05, 0.1) is 26.1 Å². The molecule has 0 aromatic heterocycles. The van der Waals surface area contributed by atoms with Crippen LogP contribution in [0.5, 0.6) is 0 Å². The van der Waals surface area contributed by atoms with Crippen molar-refractivity contribution in [1.29, 1.82) is 0 Å². The molecular weight excluding hydrogens is 464 g/mol. The summed E-state index contributed by atoms with van der Waals surface area (Å²) in [6, 6.07) is 20.5. The van der Waals surface area contributed by atoms with Crippen LogP contribution in [0, 0.1) is 10.1 Å². The Labute approximate surface area is 193 Å². The molecule has 1 heterocycles. The van der Waals surface area contributed by atoms with Gasteiger partial charge in [-0.2, -0.15) is 0 Å². The summed E-state index contributed by atoms with van der Waals surface area (Å²) in [5.41, 5.74) is 1.64. The summed E-state index contributed by atoms with van der Waals surface area (Å²) < 4.78 is 23.0. The van der Waals surface area contributed by atoms with Crippen LogP contribution < -0.4 is 10.0 Å². The van der Waals surface area contributed by atoms with Gasteiger partial charge in [0.15, 0.2) is 5.17 Å². The molecule has 4 rings (SSSR count). The second-order valence-corrected chi connectivity index (χ2v) is 9.44. The van der Waals surface area contributed by atoms with Crippen LogP contribution in [0.25, 0.3) is 6.08 Å². The third-order valence-electron chi connectivity index (χ3n) is 4.61. The van der Waals surface area contributed by atoms with E-state index in [9.17, 15) is 23.3 Å². The zero-order valence-electron chi connectivity index (χ0n) is 16.9. The second kappa shape index (κ2) is 8.98. The Morgan fingerprint density at radius 2 is 1.61 bits per heavy atom. The van der Waals surface area contributed by atoms with Crippen LogP contribution in [0.1, 0.15) is 5.56 Å². The fourth-order valence-corrected chi connectivity index (χ4v) is 4.53. The van der Waals surface area contributed by atoms with E-state index in [0.717, 1.165) is 11.8 Å². The summed E-state index contributed by atoms with van der Waals surface area (Å²) in [6.45, 7) is 0. The number of nitro groups is 1. The van der Waals surface area contributed by atoms with Gasteiger partial charge in [0.1, 0.15) is 0 Å². The highest BCUT2D eigenvalue weighted by molar-refractivity contribution is 8.19. The number of nitro benzene ring substituents is 1. The number of anilines is 1. The van der Waals surface area contributed by atoms with Gasteiger partial charge in [-0.1, -0.05) is 18.2 Å². The number of carbonyl (C=O) groups excluding carboxylic acids is 1. The lowest BCUT2D eigenvalue weighted by Crippen LogP contribution is -2.28. The summed E-state index contributed by atoms with van der Waals surface area (Å²) in [5.74, 6) is -0.301. The minimum Gasteiger partial charge on any atom is -0.268 e. The van der Waals surface area contributed by atoms with Crippen molar-refractivity contribution >= 4 is 56.0 Å². The van der Waals surface area contributed by atoms with Gasteiger partial charge in [0.25, 0.3) is 11.6 Å². The van der Waals surface area contributed by atoms with Crippen LogP contribution in [-0.4, -0.2) is 24.4 Å². The Hall–Kier alpha value is -3.80. The predicted octanol–water partition coefficient (Wildman–Crippen LogP) is 4.05. The summed E-state index contributed by atoms with van der Waals surface area (Å²) >= 11 is 1.14. The van der Waals surface area contributed by atoms with E-state index in [1.54, 1.807) is 42.5 Å². The maximum atomic E-state index is 13.2. The number of rotatable bonds is 5. The number of hydrogen-bond donors (Lipinski definition) is 1. The Balaban J connectivity index is 1.72. The van der Waals surface area contributed by atoms with E-state index in [0.29, 0.717) is 27.0 Å². The van der Waals surface area contributed by atoms with Gasteiger partial charge in [0.2, 0.25) is 10.0 Å². The van der Waals surface area contributed by atoms with Gasteiger partial charge in [0, 0.05) is 12.1 Å². The number of aliphatic imine (C=N–C) groups is 1. The minimum atomic E-state index is -3.83. The Bertz CT molecular complexity index is 1380. The first-order valence-electron chi connectivity index (χ1n) is 9.47. The number of nitrogens with zero attached hydrogens (tertiary/aromatic N) is 3. The van der Waals surface area contributed by atoms with Crippen LogP contribution in [0.4, 0.5) is 17.1 Å². The number of non-ortho nitro benzene ring substituents is 1. The summed E-state index contributed by atoms with van der Waals surface area (Å²) in [5, 5.41) is 16.4. The van der Waals surface area contributed by atoms with Crippen LogP contribution in [0.2, 0.25) is 0 Å². The Kier molecular flexibility index (Phi) is 6.09. The molecule has 0 spiro atoms. The number of hydrogen-bond acceptors (Lipinski definition) is 7. The lowest BCUT2D eigenvalue weighted by atomic mass is 10.2. The van der Waals surface area contributed by atoms with Crippen LogP contribution >= 0.6 is 11.8 Å².